The summed E-state index contributed by atoms with van der Waals surface area (Å²) in [5.74, 6) is 0. The first kappa shape index (κ1) is 16.7. The molecule has 112 valence electrons. The summed E-state index contributed by atoms with van der Waals surface area (Å²) in [6, 6.07) is 7.77. The van der Waals surface area contributed by atoms with Gasteiger partial charge in [0.15, 0.2) is 0 Å². The number of rotatable bonds is 3. The molecule has 0 aliphatic carbocycles. The van der Waals surface area contributed by atoms with Crippen LogP contribution in [0.5, 0.6) is 0 Å². The lowest BCUT2D eigenvalue weighted by molar-refractivity contribution is 0.600. The Labute approximate surface area is 146 Å². The molecule has 3 N–H and O–H groups in total. The molecule has 0 unspecified atom stereocenters. The molecule has 0 spiro atoms. The summed E-state index contributed by atoms with van der Waals surface area (Å²) in [5, 5.41) is 0.801. The van der Waals surface area contributed by atoms with Gasteiger partial charge >= 0.3 is 0 Å². The van der Waals surface area contributed by atoms with Crippen molar-refractivity contribution in [3.63, 3.8) is 0 Å². The van der Waals surface area contributed by atoms with E-state index in [4.69, 9.17) is 28.9 Å². The van der Waals surface area contributed by atoms with Crippen molar-refractivity contribution in [2.24, 2.45) is 0 Å². The van der Waals surface area contributed by atoms with Gasteiger partial charge in [-0.1, -0.05) is 23.2 Å². The zero-order chi connectivity index (χ0) is 15.8. The van der Waals surface area contributed by atoms with E-state index < -0.39 is 10.0 Å². The van der Waals surface area contributed by atoms with Crippen LogP contribution >= 0.6 is 45.8 Å². The van der Waals surface area contributed by atoms with Gasteiger partial charge in [-0.25, -0.2) is 8.42 Å². The zero-order valence-electron chi connectivity index (χ0n) is 10.8. The maximum atomic E-state index is 12.5. The highest BCUT2D eigenvalue weighted by atomic mass is 127. The van der Waals surface area contributed by atoms with Crippen LogP contribution in [-0.4, -0.2) is 8.42 Å². The fourth-order valence-corrected chi connectivity index (χ4v) is 4.59. The number of nitrogens with two attached hydrogens (primary N) is 1. The van der Waals surface area contributed by atoms with Gasteiger partial charge in [0.2, 0.25) is 0 Å². The Morgan fingerprint density at radius 3 is 2.43 bits per heavy atom. The predicted molar refractivity (Wildman–Crippen MR) is 95.6 cm³/mol. The molecule has 0 atom stereocenters. The van der Waals surface area contributed by atoms with Gasteiger partial charge in [0.1, 0.15) is 0 Å². The molecule has 2 aromatic carbocycles. The number of sulfonamides is 1. The van der Waals surface area contributed by atoms with Crippen molar-refractivity contribution < 1.29 is 8.42 Å². The van der Waals surface area contributed by atoms with E-state index in [9.17, 15) is 8.42 Å². The summed E-state index contributed by atoms with van der Waals surface area (Å²) in [6.45, 7) is 1.63. The largest absolute Gasteiger partial charge is 0.398 e. The molecule has 4 nitrogen and oxygen atoms in total. The van der Waals surface area contributed by atoms with Crippen LogP contribution in [0.25, 0.3) is 0 Å². The fraction of sp³-hybridized carbons (Fsp3) is 0.0769. The molecule has 8 heteroatoms. The highest BCUT2D eigenvalue weighted by Gasteiger charge is 2.20. The second-order valence-corrected chi connectivity index (χ2v) is 8.03. The Hall–Kier alpha value is -0.700. The molecule has 0 heterocycles. The SMILES string of the molecule is Cc1c(N)cc(Cl)cc1S(=O)(=O)Nc1ccc(Cl)cc1I. The molecule has 2 rings (SSSR count). The third-order valence-corrected chi connectivity index (χ3v) is 5.67. The molecule has 0 bridgehead atoms. The van der Waals surface area contributed by atoms with Crippen molar-refractivity contribution in [3.05, 3.63) is 49.5 Å². The molecule has 0 saturated heterocycles. The summed E-state index contributed by atoms with van der Waals surface area (Å²) in [4.78, 5) is 0.0539. The van der Waals surface area contributed by atoms with Crippen LogP contribution in [0.3, 0.4) is 0 Å². The first-order chi connectivity index (χ1) is 9.70. The number of hydrogen-bond donors (Lipinski definition) is 2. The highest BCUT2D eigenvalue weighted by molar-refractivity contribution is 14.1. The maximum absolute atomic E-state index is 12.5. The van der Waals surface area contributed by atoms with Crippen LogP contribution in [0.2, 0.25) is 10.0 Å². The predicted octanol–water partition coefficient (Wildman–Crippen LogP) is 4.29. The van der Waals surface area contributed by atoms with Crippen LogP contribution in [-0.2, 0) is 10.0 Å². The number of hydrogen-bond acceptors (Lipinski definition) is 3. The summed E-state index contributed by atoms with van der Waals surface area (Å²) >= 11 is 13.8. The molecule has 0 fully saturated rings. The average Bonchev–Trinajstić information content (AvgIpc) is 2.37. The Kier molecular flexibility index (Phi) is 4.92. The van der Waals surface area contributed by atoms with Crippen molar-refractivity contribution >= 4 is 67.2 Å². The first-order valence-corrected chi connectivity index (χ1v) is 9.06. The van der Waals surface area contributed by atoms with E-state index in [1.54, 1.807) is 25.1 Å². The number of halogens is 3. The van der Waals surface area contributed by atoms with Crippen LogP contribution in [0, 0.1) is 10.5 Å². The second kappa shape index (κ2) is 6.20. The Morgan fingerprint density at radius 2 is 1.81 bits per heavy atom. The minimum absolute atomic E-state index is 0.0539. The third-order valence-electron chi connectivity index (χ3n) is 2.83. The van der Waals surface area contributed by atoms with E-state index in [2.05, 4.69) is 4.72 Å². The van der Waals surface area contributed by atoms with Gasteiger partial charge in [-0.15, -0.1) is 0 Å². The van der Waals surface area contributed by atoms with Crippen molar-refractivity contribution in [1.29, 1.82) is 0 Å². The standard InChI is InChI=1S/C13H11Cl2IN2O2S/c1-7-11(17)5-9(15)6-13(7)21(19,20)18-12-3-2-8(14)4-10(12)16/h2-6,18H,17H2,1H3. The Balaban J connectivity index is 2.48. The van der Waals surface area contributed by atoms with E-state index in [1.807, 2.05) is 22.6 Å². The van der Waals surface area contributed by atoms with E-state index >= 15 is 0 Å². The lowest BCUT2D eigenvalue weighted by Crippen LogP contribution is -2.15. The summed E-state index contributed by atoms with van der Waals surface area (Å²) in [5.41, 5.74) is 6.99. The van der Waals surface area contributed by atoms with Crippen LogP contribution in [0.15, 0.2) is 35.2 Å². The first-order valence-electron chi connectivity index (χ1n) is 5.74. The second-order valence-electron chi connectivity index (χ2n) is 4.35. The van der Waals surface area contributed by atoms with E-state index in [1.165, 1.54) is 12.1 Å². The van der Waals surface area contributed by atoms with Crippen molar-refractivity contribution in [3.8, 4) is 0 Å². The molecule has 2 aromatic rings. The molecule has 0 aromatic heterocycles. The molecule has 0 aliphatic heterocycles. The van der Waals surface area contributed by atoms with Crippen LogP contribution < -0.4 is 10.5 Å². The molecular formula is C13H11Cl2IN2O2S. The Morgan fingerprint density at radius 1 is 1.14 bits per heavy atom. The number of nitrogen functional groups attached to an aromatic ring is 1. The monoisotopic (exact) mass is 456 g/mol. The lowest BCUT2D eigenvalue weighted by atomic mass is 10.2. The van der Waals surface area contributed by atoms with Crippen molar-refractivity contribution in [1.82, 2.24) is 0 Å². The van der Waals surface area contributed by atoms with Crippen LogP contribution in [0.1, 0.15) is 5.56 Å². The molecule has 21 heavy (non-hydrogen) atoms. The van der Waals surface area contributed by atoms with Gasteiger partial charge in [-0.05, 0) is 65.4 Å². The molecule has 0 radical (unpaired) electrons. The molecule has 0 amide bonds. The van der Waals surface area contributed by atoms with Gasteiger partial charge < -0.3 is 5.73 Å². The minimum Gasteiger partial charge on any atom is -0.398 e. The Bertz CT molecular complexity index is 810. The minimum atomic E-state index is -3.79. The summed E-state index contributed by atoms with van der Waals surface area (Å²) < 4.78 is 28.2. The van der Waals surface area contributed by atoms with Crippen molar-refractivity contribution in [2.75, 3.05) is 10.5 Å². The van der Waals surface area contributed by atoms with Crippen LogP contribution in [0.4, 0.5) is 11.4 Å². The van der Waals surface area contributed by atoms with Gasteiger partial charge in [-0.2, -0.15) is 0 Å². The summed E-state index contributed by atoms with van der Waals surface area (Å²) in [6.07, 6.45) is 0. The molecule has 0 saturated carbocycles. The van der Waals surface area contributed by atoms with Gasteiger partial charge in [0.05, 0.1) is 10.6 Å². The van der Waals surface area contributed by atoms with Gasteiger partial charge in [-0.3, -0.25) is 4.72 Å². The lowest BCUT2D eigenvalue weighted by Gasteiger charge is -2.13. The number of benzene rings is 2. The number of nitrogens with one attached hydrogen (secondary N) is 1. The summed E-state index contributed by atoms with van der Waals surface area (Å²) in [7, 11) is -3.79. The van der Waals surface area contributed by atoms with Gasteiger partial charge in [0, 0.05) is 19.3 Å². The van der Waals surface area contributed by atoms with E-state index in [-0.39, 0.29) is 9.92 Å². The maximum Gasteiger partial charge on any atom is 0.262 e. The number of anilines is 2. The topological polar surface area (TPSA) is 72.2 Å². The molecular weight excluding hydrogens is 446 g/mol. The quantitative estimate of drug-likeness (QED) is 0.534. The van der Waals surface area contributed by atoms with E-state index in [0.29, 0.717) is 25.5 Å². The highest BCUT2D eigenvalue weighted by Crippen LogP contribution is 2.29. The fourth-order valence-electron chi connectivity index (χ4n) is 1.73. The third kappa shape index (κ3) is 3.74. The molecule has 0 aliphatic rings. The zero-order valence-corrected chi connectivity index (χ0v) is 15.3. The van der Waals surface area contributed by atoms with Crippen molar-refractivity contribution in [2.45, 2.75) is 11.8 Å². The van der Waals surface area contributed by atoms with E-state index in [0.717, 1.165) is 0 Å². The van der Waals surface area contributed by atoms with Gasteiger partial charge in [0.25, 0.3) is 10.0 Å². The average molecular weight is 457 g/mol. The smallest absolute Gasteiger partial charge is 0.262 e. The normalized spacial score (nSPS) is 11.4.